The third-order valence-electron chi connectivity index (χ3n) is 3.14. The van der Waals surface area contributed by atoms with Crippen molar-refractivity contribution in [1.82, 2.24) is 15.0 Å². The van der Waals surface area contributed by atoms with E-state index in [1.807, 2.05) is 0 Å². The average molecular weight is 371 g/mol. The fourth-order valence-electron chi connectivity index (χ4n) is 2.10. The van der Waals surface area contributed by atoms with Crippen LogP contribution in [0.2, 0.25) is 0 Å². The van der Waals surface area contributed by atoms with Crippen LogP contribution < -0.4 is 0 Å². The summed E-state index contributed by atoms with van der Waals surface area (Å²) in [5.41, 5.74) is -0.321. The van der Waals surface area contributed by atoms with Crippen LogP contribution in [0.1, 0.15) is 35.9 Å². The number of aromatic nitrogens is 3. The fraction of sp³-hybridized carbons (Fsp3) is 0.308. The number of esters is 1. The summed E-state index contributed by atoms with van der Waals surface area (Å²) < 4.78 is 70.3. The van der Waals surface area contributed by atoms with Crippen molar-refractivity contribution >= 4 is 16.2 Å². The normalized spacial score (nSPS) is 15.0. The van der Waals surface area contributed by atoms with Crippen LogP contribution in [0.4, 0.5) is 19.4 Å². The number of halogens is 5. The number of benzene rings is 1. The molecule has 0 saturated heterocycles. The van der Waals surface area contributed by atoms with Crippen LogP contribution in [0, 0.1) is 0 Å². The molecule has 0 aliphatic heterocycles. The highest BCUT2D eigenvalue weighted by Crippen LogP contribution is 3.02. The van der Waals surface area contributed by atoms with Crippen molar-refractivity contribution in [1.29, 1.82) is 0 Å². The summed E-state index contributed by atoms with van der Waals surface area (Å²) in [6.45, 7) is 3.30. The molecule has 11 heteroatoms. The first-order chi connectivity index (χ1) is 10.7. The molecule has 0 aliphatic carbocycles. The van der Waals surface area contributed by atoms with Crippen LogP contribution in [0.3, 0.4) is 0 Å². The first-order valence-corrected chi connectivity index (χ1v) is 8.58. The lowest BCUT2D eigenvalue weighted by Crippen LogP contribution is -2.11. The SMILES string of the molecule is COC(=O)c1nnn(-c2cccc(S(F)(F)(F)(F)F)c2)c1C(C)C. The number of rotatable bonds is 4. The minimum Gasteiger partial charge on any atom is -0.464 e. The summed E-state index contributed by atoms with van der Waals surface area (Å²) in [7, 11) is -8.72. The molecule has 0 saturated carbocycles. The Morgan fingerprint density at radius 3 is 2.33 bits per heavy atom. The number of carbonyl (C=O) groups excluding carboxylic acids is 1. The molecule has 0 N–H and O–H groups in total. The molecular formula is C13H14F5N3O2S. The standard InChI is InChI=1S/C13H14F5N3O2S/c1-8(2)12-11(13(22)23-3)19-20-21(12)9-5-4-6-10(7-9)24(14,15,16,17)18/h4-8H,1-3H3. The maximum absolute atomic E-state index is 13.0. The molecular weight excluding hydrogens is 357 g/mol. The van der Waals surface area contributed by atoms with Gasteiger partial charge in [0.15, 0.2) is 5.69 Å². The predicted octanol–water partition coefficient (Wildman–Crippen LogP) is 4.83. The Morgan fingerprint density at radius 1 is 1.21 bits per heavy atom. The molecule has 0 amide bonds. The van der Waals surface area contributed by atoms with Crippen LogP contribution >= 0.6 is 10.2 Å². The number of hydrogen-bond donors (Lipinski definition) is 0. The Kier molecular flexibility index (Phi) is 3.72. The van der Waals surface area contributed by atoms with Crippen molar-refractivity contribution in [2.45, 2.75) is 24.7 Å². The summed E-state index contributed by atoms with van der Waals surface area (Å²) in [5.74, 6) is -1.20. The smallest absolute Gasteiger partial charge is 0.360 e. The lowest BCUT2D eigenvalue weighted by molar-refractivity contribution is 0.0592. The molecule has 134 valence electrons. The van der Waals surface area contributed by atoms with E-state index < -0.39 is 21.1 Å². The first kappa shape index (κ1) is 18.2. The van der Waals surface area contributed by atoms with Crippen LogP contribution in [0.25, 0.3) is 5.69 Å². The average Bonchev–Trinajstić information content (AvgIpc) is 2.89. The zero-order valence-corrected chi connectivity index (χ0v) is 13.7. The van der Waals surface area contributed by atoms with E-state index in [0.29, 0.717) is 0 Å². The predicted molar refractivity (Wildman–Crippen MR) is 78.2 cm³/mol. The van der Waals surface area contributed by atoms with Gasteiger partial charge in [-0.2, -0.15) is 0 Å². The molecule has 1 aromatic heterocycles. The summed E-state index contributed by atoms with van der Waals surface area (Å²) in [6, 6.07) is 2.57. The molecule has 24 heavy (non-hydrogen) atoms. The lowest BCUT2D eigenvalue weighted by Gasteiger charge is -2.40. The Morgan fingerprint density at radius 2 is 1.83 bits per heavy atom. The Labute approximate surface area is 134 Å². The van der Waals surface area contributed by atoms with Gasteiger partial charge < -0.3 is 4.74 Å². The van der Waals surface area contributed by atoms with Gasteiger partial charge in [0.05, 0.1) is 18.5 Å². The van der Waals surface area contributed by atoms with Gasteiger partial charge in [0.25, 0.3) is 0 Å². The molecule has 5 nitrogen and oxygen atoms in total. The Hall–Kier alpha value is -2.17. The third-order valence-corrected chi connectivity index (χ3v) is 4.28. The second kappa shape index (κ2) is 4.91. The number of ether oxygens (including phenoxy) is 1. The van der Waals surface area contributed by atoms with Crippen molar-refractivity contribution in [2.24, 2.45) is 0 Å². The fourth-order valence-corrected chi connectivity index (χ4v) is 2.77. The van der Waals surface area contributed by atoms with Gasteiger partial charge in [0.2, 0.25) is 0 Å². The van der Waals surface area contributed by atoms with E-state index in [0.717, 1.165) is 23.9 Å². The summed E-state index contributed by atoms with van der Waals surface area (Å²) >= 11 is 0. The number of hydrogen-bond acceptors (Lipinski definition) is 4. The second-order valence-electron chi connectivity index (χ2n) is 5.35. The van der Waals surface area contributed by atoms with E-state index in [1.165, 1.54) is 0 Å². The van der Waals surface area contributed by atoms with E-state index in [2.05, 4.69) is 15.0 Å². The van der Waals surface area contributed by atoms with Crippen LogP contribution in [0.15, 0.2) is 29.2 Å². The van der Waals surface area contributed by atoms with Crippen LogP contribution in [-0.4, -0.2) is 28.1 Å². The van der Waals surface area contributed by atoms with E-state index >= 15 is 0 Å². The van der Waals surface area contributed by atoms with Gasteiger partial charge in [0, 0.05) is 0 Å². The molecule has 2 rings (SSSR count). The molecule has 1 heterocycles. The maximum Gasteiger partial charge on any atom is 0.360 e. The molecule has 0 atom stereocenters. The second-order valence-corrected chi connectivity index (χ2v) is 7.76. The minimum absolute atomic E-state index is 0.154. The molecule has 0 unspecified atom stereocenters. The minimum atomic E-state index is -9.83. The van der Waals surface area contributed by atoms with Gasteiger partial charge in [-0.15, -0.1) is 5.10 Å². The van der Waals surface area contributed by atoms with Gasteiger partial charge >= 0.3 is 16.2 Å². The van der Waals surface area contributed by atoms with Crippen molar-refractivity contribution < 1.29 is 29.0 Å². The number of carbonyl (C=O) groups is 1. The highest BCUT2D eigenvalue weighted by molar-refractivity contribution is 8.45. The molecule has 1 aromatic carbocycles. The lowest BCUT2D eigenvalue weighted by atomic mass is 10.1. The highest BCUT2D eigenvalue weighted by atomic mass is 32.5. The zero-order chi connectivity index (χ0) is 18.4. The maximum atomic E-state index is 13.0. The summed E-state index contributed by atoms with van der Waals surface area (Å²) in [4.78, 5) is 9.64. The molecule has 0 fully saturated rings. The largest absolute Gasteiger partial charge is 0.464 e. The van der Waals surface area contributed by atoms with E-state index in [1.54, 1.807) is 13.8 Å². The van der Waals surface area contributed by atoms with Gasteiger partial charge in [-0.3, -0.25) is 0 Å². The third kappa shape index (κ3) is 3.50. The van der Waals surface area contributed by atoms with Gasteiger partial charge in [-0.1, -0.05) is 44.6 Å². The molecule has 2 aromatic rings. The Bertz CT molecular complexity index is 802. The highest BCUT2D eigenvalue weighted by Gasteiger charge is 2.65. The first-order valence-electron chi connectivity index (χ1n) is 6.63. The van der Waals surface area contributed by atoms with E-state index in [-0.39, 0.29) is 35.1 Å². The molecule has 0 aliphatic rings. The van der Waals surface area contributed by atoms with Gasteiger partial charge in [0.1, 0.15) is 4.90 Å². The molecule has 0 bridgehead atoms. The van der Waals surface area contributed by atoms with Crippen molar-refractivity contribution in [3.63, 3.8) is 0 Å². The number of nitrogens with zero attached hydrogens (tertiary/aromatic N) is 3. The molecule has 0 spiro atoms. The number of methoxy groups -OCH3 is 1. The monoisotopic (exact) mass is 371 g/mol. The van der Waals surface area contributed by atoms with Crippen molar-refractivity contribution in [2.75, 3.05) is 7.11 Å². The quantitative estimate of drug-likeness (QED) is 0.570. The Balaban J connectivity index is 2.67. The topological polar surface area (TPSA) is 57.0 Å². The van der Waals surface area contributed by atoms with Gasteiger partial charge in [-0.25, -0.2) is 9.48 Å². The summed E-state index contributed by atoms with van der Waals surface area (Å²) in [5, 5.41) is 7.20. The van der Waals surface area contributed by atoms with E-state index in [4.69, 9.17) is 0 Å². The van der Waals surface area contributed by atoms with E-state index in [9.17, 15) is 24.2 Å². The van der Waals surface area contributed by atoms with Crippen molar-refractivity contribution in [3.05, 3.63) is 35.7 Å². The van der Waals surface area contributed by atoms with Crippen LogP contribution in [0.5, 0.6) is 0 Å². The van der Waals surface area contributed by atoms with Gasteiger partial charge in [-0.05, 0) is 24.1 Å². The zero-order valence-electron chi connectivity index (χ0n) is 12.8. The van der Waals surface area contributed by atoms with Crippen molar-refractivity contribution in [3.8, 4) is 5.69 Å². The van der Waals surface area contributed by atoms with Crippen LogP contribution in [-0.2, 0) is 4.74 Å². The summed E-state index contributed by atoms with van der Waals surface area (Å²) in [6.07, 6.45) is 0. The molecule has 0 radical (unpaired) electrons.